The van der Waals surface area contributed by atoms with Gasteiger partial charge in [0.05, 0.1) is 5.60 Å². The van der Waals surface area contributed by atoms with Gasteiger partial charge in [0, 0.05) is 17.3 Å². The standard InChI is InChI=1S/C22H31N3O4S/c1-12-8-9-16-17(12)10-14-6-5-7-15(14)20(16)24-21(26)25-30(23,28)19-11-18(13(2)29-19)22(3,4)27/h10-12,21,24,26-27H,5-9H2,1-4H3,(H2,23,25,28)/t12-,21?,30?/m0/s1. The molecule has 0 radical (unpaired) electrons. The zero-order valence-corrected chi connectivity index (χ0v) is 18.8. The second-order valence-corrected chi connectivity index (χ2v) is 10.8. The highest BCUT2D eigenvalue weighted by molar-refractivity contribution is 7.91. The number of nitrogens with two attached hydrogens (primary N) is 1. The molecule has 2 aromatic rings. The van der Waals surface area contributed by atoms with Gasteiger partial charge in [0.15, 0.2) is 9.92 Å². The van der Waals surface area contributed by atoms with E-state index in [1.165, 1.54) is 28.3 Å². The summed E-state index contributed by atoms with van der Waals surface area (Å²) in [6, 6.07) is 3.77. The van der Waals surface area contributed by atoms with Crippen LogP contribution in [0.1, 0.15) is 73.1 Å². The molecule has 2 aliphatic carbocycles. The third-order valence-corrected chi connectivity index (χ3v) is 7.56. The van der Waals surface area contributed by atoms with Crippen LogP contribution in [0.4, 0.5) is 5.69 Å². The fraction of sp³-hybridized carbons (Fsp3) is 0.545. The van der Waals surface area contributed by atoms with Crippen molar-refractivity contribution in [2.75, 3.05) is 5.32 Å². The molecule has 8 heteroatoms. The summed E-state index contributed by atoms with van der Waals surface area (Å²) < 4.78 is 22.5. The molecule has 0 bridgehead atoms. The highest BCUT2D eigenvalue weighted by atomic mass is 32.2. The summed E-state index contributed by atoms with van der Waals surface area (Å²) in [6.45, 7) is 7.11. The first kappa shape index (κ1) is 21.4. The normalized spacial score (nSPS) is 21.1. The largest absolute Gasteiger partial charge is 0.450 e. The maximum atomic E-state index is 13.0. The topological polar surface area (TPSA) is 121 Å². The Morgan fingerprint density at radius 1 is 1.30 bits per heavy atom. The molecular formula is C22H31N3O4S. The van der Waals surface area contributed by atoms with E-state index in [-0.39, 0.29) is 5.09 Å². The van der Waals surface area contributed by atoms with Crippen molar-refractivity contribution < 1.29 is 18.8 Å². The van der Waals surface area contributed by atoms with Crippen LogP contribution in [-0.4, -0.2) is 20.8 Å². The van der Waals surface area contributed by atoms with Gasteiger partial charge in [0.25, 0.3) is 0 Å². The van der Waals surface area contributed by atoms with Crippen LogP contribution in [-0.2, 0) is 34.8 Å². The van der Waals surface area contributed by atoms with Crippen molar-refractivity contribution in [3.05, 3.63) is 45.7 Å². The van der Waals surface area contributed by atoms with Crippen molar-refractivity contribution >= 4 is 15.6 Å². The van der Waals surface area contributed by atoms with E-state index in [9.17, 15) is 14.4 Å². The van der Waals surface area contributed by atoms with Gasteiger partial charge in [-0.1, -0.05) is 13.0 Å². The van der Waals surface area contributed by atoms with E-state index in [0.717, 1.165) is 37.8 Å². The number of hydrogen-bond acceptors (Lipinski definition) is 6. The third-order valence-electron chi connectivity index (χ3n) is 6.27. The quantitative estimate of drug-likeness (QED) is 0.538. The Balaban J connectivity index is 1.67. The summed E-state index contributed by atoms with van der Waals surface area (Å²) in [6.07, 6.45) is 3.67. The second-order valence-electron chi connectivity index (χ2n) is 9.04. The number of hydrogen-bond donors (Lipinski definition) is 4. The van der Waals surface area contributed by atoms with Gasteiger partial charge in [0.1, 0.15) is 5.76 Å². The van der Waals surface area contributed by atoms with Crippen molar-refractivity contribution in [2.45, 2.75) is 82.8 Å². The Bertz CT molecular complexity index is 1110. The smallest absolute Gasteiger partial charge is 0.233 e. The fourth-order valence-electron chi connectivity index (χ4n) is 4.77. The van der Waals surface area contributed by atoms with Crippen molar-refractivity contribution in [1.82, 2.24) is 0 Å². The first-order chi connectivity index (χ1) is 14.0. The predicted octanol–water partition coefficient (Wildman–Crippen LogP) is 3.44. The molecule has 0 amide bonds. The molecule has 3 atom stereocenters. The number of furan rings is 1. The average molecular weight is 434 g/mol. The molecule has 0 spiro atoms. The molecule has 5 N–H and O–H groups in total. The number of aryl methyl sites for hydroxylation is 2. The summed E-state index contributed by atoms with van der Waals surface area (Å²) in [5, 5.41) is 29.8. The zero-order chi connectivity index (χ0) is 21.8. The zero-order valence-electron chi connectivity index (χ0n) is 18.0. The molecule has 0 saturated heterocycles. The van der Waals surface area contributed by atoms with E-state index in [1.807, 2.05) is 0 Å². The number of rotatable bonds is 5. The maximum Gasteiger partial charge on any atom is 0.233 e. The van der Waals surface area contributed by atoms with Crippen molar-refractivity contribution in [3.63, 3.8) is 0 Å². The minimum Gasteiger partial charge on any atom is -0.450 e. The van der Waals surface area contributed by atoms with Crippen LogP contribution in [0.25, 0.3) is 0 Å². The summed E-state index contributed by atoms with van der Waals surface area (Å²) in [7, 11) is -3.50. The van der Waals surface area contributed by atoms with E-state index in [2.05, 4.69) is 22.7 Å². The third kappa shape index (κ3) is 3.77. The molecule has 164 valence electrons. The molecule has 30 heavy (non-hydrogen) atoms. The number of fused-ring (bicyclic) bond motifs is 2. The van der Waals surface area contributed by atoms with Crippen molar-refractivity contribution in [2.24, 2.45) is 9.50 Å². The van der Waals surface area contributed by atoms with Crippen LogP contribution in [0.15, 0.2) is 26.0 Å². The van der Waals surface area contributed by atoms with Gasteiger partial charge in [-0.15, -0.1) is 0 Å². The van der Waals surface area contributed by atoms with Crippen LogP contribution in [0.5, 0.6) is 0 Å². The molecule has 0 fully saturated rings. The fourth-order valence-corrected chi connectivity index (χ4v) is 5.76. The lowest BCUT2D eigenvalue weighted by molar-refractivity contribution is 0.0769. The SMILES string of the molecule is Cc1oc(S(N)(=O)=NC(O)Nc2c3c(cc4c2CC[C@@H]4C)CCC3)cc1C(C)(C)O. The summed E-state index contributed by atoms with van der Waals surface area (Å²) >= 11 is 0. The van der Waals surface area contributed by atoms with E-state index in [0.29, 0.717) is 17.2 Å². The van der Waals surface area contributed by atoms with Crippen LogP contribution < -0.4 is 10.5 Å². The Morgan fingerprint density at radius 2 is 2.03 bits per heavy atom. The first-order valence-corrected chi connectivity index (χ1v) is 12.0. The van der Waals surface area contributed by atoms with Gasteiger partial charge in [-0.3, -0.25) is 0 Å². The minimum absolute atomic E-state index is 0.0601. The number of anilines is 1. The molecule has 2 unspecified atom stereocenters. The number of aliphatic hydroxyl groups excluding tert-OH is 1. The van der Waals surface area contributed by atoms with Gasteiger partial charge in [-0.25, -0.2) is 9.35 Å². The van der Waals surface area contributed by atoms with E-state index < -0.39 is 21.9 Å². The Kier molecular flexibility index (Phi) is 5.25. The van der Waals surface area contributed by atoms with Gasteiger partial charge >= 0.3 is 0 Å². The van der Waals surface area contributed by atoms with E-state index in [4.69, 9.17) is 9.56 Å². The molecular weight excluding hydrogens is 402 g/mol. The molecule has 0 saturated carbocycles. The Labute approximate surface area is 178 Å². The lowest BCUT2D eigenvalue weighted by atomic mass is 9.96. The molecule has 0 aliphatic heterocycles. The summed E-state index contributed by atoms with van der Waals surface area (Å²) in [5.74, 6) is 0.909. The number of benzene rings is 1. The van der Waals surface area contributed by atoms with Crippen LogP contribution >= 0.6 is 0 Å². The molecule has 1 aromatic carbocycles. The van der Waals surface area contributed by atoms with E-state index >= 15 is 0 Å². The van der Waals surface area contributed by atoms with Crippen molar-refractivity contribution in [3.8, 4) is 0 Å². The summed E-state index contributed by atoms with van der Waals surface area (Å²) in [4.78, 5) is 0. The molecule has 7 nitrogen and oxygen atoms in total. The van der Waals surface area contributed by atoms with Crippen LogP contribution in [0, 0.1) is 6.92 Å². The Hall–Kier alpha value is -1.87. The monoisotopic (exact) mass is 433 g/mol. The van der Waals surface area contributed by atoms with Crippen LogP contribution in [0.3, 0.4) is 0 Å². The van der Waals surface area contributed by atoms with Gasteiger partial charge in [-0.05, 0) is 81.0 Å². The lowest BCUT2D eigenvalue weighted by Gasteiger charge is -2.19. The van der Waals surface area contributed by atoms with Gasteiger partial charge < -0.3 is 19.9 Å². The van der Waals surface area contributed by atoms with E-state index in [1.54, 1.807) is 20.8 Å². The molecule has 1 heterocycles. The highest BCUT2D eigenvalue weighted by Gasteiger charge is 2.29. The second kappa shape index (κ2) is 7.37. The number of nitrogens with zero attached hydrogens (tertiary/aromatic N) is 1. The van der Waals surface area contributed by atoms with Gasteiger partial charge in [-0.2, -0.15) is 4.36 Å². The number of nitrogens with one attached hydrogen (secondary N) is 1. The molecule has 1 aromatic heterocycles. The molecule has 2 aliphatic rings. The van der Waals surface area contributed by atoms with Crippen molar-refractivity contribution in [1.29, 1.82) is 0 Å². The predicted molar refractivity (Wildman–Crippen MR) is 117 cm³/mol. The number of aliphatic hydroxyl groups is 2. The highest BCUT2D eigenvalue weighted by Crippen LogP contribution is 2.43. The minimum atomic E-state index is -3.50. The average Bonchev–Trinajstić information content (AvgIpc) is 3.33. The Morgan fingerprint density at radius 3 is 2.70 bits per heavy atom. The van der Waals surface area contributed by atoms with Gasteiger partial charge in [0.2, 0.25) is 11.4 Å². The first-order valence-electron chi connectivity index (χ1n) is 10.5. The van der Waals surface area contributed by atoms with Crippen LogP contribution in [0.2, 0.25) is 0 Å². The summed E-state index contributed by atoms with van der Waals surface area (Å²) in [5.41, 5.74) is 5.33. The molecule has 4 rings (SSSR count). The lowest BCUT2D eigenvalue weighted by Crippen LogP contribution is -2.23. The maximum absolute atomic E-state index is 13.0.